The molecule has 0 aliphatic heterocycles. The SMILES string of the molecule is Cc1nn(C(C)C(=O)Nc2cnn(Cc3ccccc3Cl)c2)cc1Cl. The molecule has 0 spiro atoms. The van der Waals surface area contributed by atoms with Crippen LogP contribution in [0.3, 0.4) is 0 Å². The van der Waals surface area contributed by atoms with E-state index in [9.17, 15) is 4.79 Å². The molecule has 1 unspecified atom stereocenters. The van der Waals surface area contributed by atoms with Gasteiger partial charge in [-0.3, -0.25) is 14.2 Å². The van der Waals surface area contributed by atoms with E-state index in [4.69, 9.17) is 23.2 Å². The van der Waals surface area contributed by atoms with Crippen LogP contribution in [0.5, 0.6) is 0 Å². The van der Waals surface area contributed by atoms with Crippen LogP contribution in [0.15, 0.2) is 42.9 Å². The third kappa shape index (κ3) is 4.03. The topological polar surface area (TPSA) is 64.7 Å². The summed E-state index contributed by atoms with van der Waals surface area (Å²) in [7, 11) is 0. The molecule has 1 atom stereocenters. The number of hydrogen-bond donors (Lipinski definition) is 1. The lowest BCUT2D eigenvalue weighted by molar-refractivity contribution is -0.119. The highest BCUT2D eigenvalue weighted by atomic mass is 35.5. The lowest BCUT2D eigenvalue weighted by atomic mass is 10.2. The molecular formula is C17H17Cl2N5O. The van der Waals surface area contributed by atoms with Gasteiger partial charge < -0.3 is 5.32 Å². The first-order valence-electron chi connectivity index (χ1n) is 7.72. The van der Waals surface area contributed by atoms with Crippen molar-refractivity contribution in [1.82, 2.24) is 19.6 Å². The Morgan fingerprint density at radius 1 is 1.24 bits per heavy atom. The lowest BCUT2D eigenvalue weighted by Crippen LogP contribution is -2.23. The van der Waals surface area contributed by atoms with Gasteiger partial charge in [-0.15, -0.1) is 0 Å². The zero-order valence-electron chi connectivity index (χ0n) is 13.8. The van der Waals surface area contributed by atoms with E-state index in [1.54, 1.807) is 41.8 Å². The molecule has 2 aromatic heterocycles. The first kappa shape index (κ1) is 17.5. The van der Waals surface area contributed by atoms with Gasteiger partial charge in [-0.05, 0) is 25.5 Å². The first-order chi connectivity index (χ1) is 11.9. The van der Waals surface area contributed by atoms with Gasteiger partial charge in [-0.1, -0.05) is 41.4 Å². The van der Waals surface area contributed by atoms with Crippen LogP contribution in [0.1, 0.15) is 24.2 Å². The molecule has 1 amide bonds. The number of nitrogens with zero attached hydrogens (tertiary/aromatic N) is 4. The molecule has 0 bridgehead atoms. The van der Waals surface area contributed by atoms with Gasteiger partial charge in [0.25, 0.3) is 0 Å². The van der Waals surface area contributed by atoms with E-state index in [0.29, 0.717) is 28.0 Å². The number of carbonyl (C=O) groups excluding carboxylic acids is 1. The monoisotopic (exact) mass is 377 g/mol. The standard InChI is InChI=1S/C17H17Cl2N5O/c1-11-16(19)10-24(22-11)12(2)17(25)21-14-7-20-23(9-14)8-13-5-3-4-6-15(13)18/h3-7,9-10,12H,8H2,1-2H3,(H,21,25). The van der Waals surface area contributed by atoms with Crippen LogP contribution in [-0.4, -0.2) is 25.5 Å². The number of carbonyl (C=O) groups is 1. The van der Waals surface area contributed by atoms with E-state index < -0.39 is 6.04 Å². The van der Waals surface area contributed by atoms with Gasteiger partial charge in [0.05, 0.1) is 29.1 Å². The fourth-order valence-electron chi connectivity index (χ4n) is 2.34. The molecule has 0 aliphatic carbocycles. The highest BCUT2D eigenvalue weighted by molar-refractivity contribution is 6.31. The fourth-order valence-corrected chi connectivity index (χ4v) is 2.67. The molecule has 0 radical (unpaired) electrons. The van der Waals surface area contributed by atoms with Crippen molar-refractivity contribution >= 4 is 34.8 Å². The van der Waals surface area contributed by atoms with Gasteiger partial charge in [-0.25, -0.2) is 0 Å². The summed E-state index contributed by atoms with van der Waals surface area (Å²) in [5.41, 5.74) is 2.26. The van der Waals surface area contributed by atoms with Crippen molar-refractivity contribution < 1.29 is 4.79 Å². The maximum Gasteiger partial charge on any atom is 0.249 e. The minimum atomic E-state index is -0.488. The number of hydrogen-bond acceptors (Lipinski definition) is 3. The molecule has 0 saturated carbocycles. The summed E-state index contributed by atoms with van der Waals surface area (Å²) in [6.45, 7) is 4.08. The number of amides is 1. The molecule has 8 heteroatoms. The van der Waals surface area contributed by atoms with E-state index in [1.807, 2.05) is 24.3 Å². The normalized spacial score (nSPS) is 12.2. The van der Waals surface area contributed by atoms with Gasteiger partial charge in [-0.2, -0.15) is 10.2 Å². The van der Waals surface area contributed by atoms with E-state index in [2.05, 4.69) is 15.5 Å². The molecule has 3 rings (SSSR count). The predicted molar refractivity (Wildman–Crippen MR) is 98.1 cm³/mol. The second-order valence-electron chi connectivity index (χ2n) is 5.73. The van der Waals surface area contributed by atoms with Crippen LogP contribution in [0.2, 0.25) is 10.0 Å². The maximum absolute atomic E-state index is 12.4. The van der Waals surface area contributed by atoms with Crippen LogP contribution < -0.4 is 5.32 Å². The van der Waals surface area contributed by atoms with E-state index in [1.165, 1.54) is 0 Å². The second-order valence-corrected chi connectivity index (χ2v) is 6.54. The van der Waals surface area contributed by atoms with Crippen LogP contribution in [-0.2, 0) is 11.3 Å². The Morgan fingerprint density at radius 2 is 2.00 bits per heavy atom. The zero-order valence-corrected chi connectivity index (χ0v) is 15.3. The largest absolute Gasteiger partial charge is 0.322 e. The molecule has 3 aromatic rings. The summed E-state index contributed by atoms with van der Waals surface area (Å²) < 4.78 is 3.26. The number of aryl methyl sites for hydroxylation is 1. The highest BCUT2D eigenvalue weighted by Crippen LogP contribution is 2.19. The summed E-state index contributed by atoms with van der Waals surface area (Å²) in [6.07, 6.45) is 5.00. The van der Waals surface area contributed by atoms with Crippen LogP contribution in [0.4, 0.5) is 5.69 Å². The number of halogens is 2. The van der Waals surface area contributed by atoms with Crippen molar-refractivity contribution in [1.29, 1.82) is 0 Å². The minimum absolute atomic E-state index is 0.198. The fraction of sp³-hybridized carbons (Fsp3) is 0.235. The molecule has 0 aliphatic rings. The van der Waals surface area contributed by atoms with Crippen molar-refractivity contribution in [3.05, 3.63) is 64.2 Å². The summed E-state index contributed by atoms with van der Waals surface area (Å²) in [5.74, 6) is -0.198. The first-order valence-corrected chi connectivity index (χ1v) is 8.47. The highest BCUT2D eigenvalue weighted by Gasteiger charge is 2.18. The average molecular weight is 378 g/mol. The Morgan fingerprint density at radius 3 is 2.68 bits per heavy atom. The number of anilines is 1. The van der Waals surface area contributed by atoms with Crippen molar-refractivity contribution in [2.45, 2.75) is 26.4 Å². The summed E-state index contributed by atoms with van der Waals surface area (Å²) in [4.78, 5) is 12.4. The Bertz CT molecular complexity index is 883. The molecule has 0 saturated heterocycles. The van der Waals surface area contributed by atoms with Crippen molar-refractivity contribution in [3.63, 3.8) is 0 Å². The third-order valence-electron chi connectivity index (χ3n) is 3.82. The Hall–Kier alpha value is -2.31. The van der Waals surface area contributed by atoms with Gasteiger partial charge in [0.1, 0.15) is 6.04 Å². The smallest absolute Gasteiger partial charge is 0.249 e. The van der Waals surface area contributed by atoms with Gasteiger partial charge >= 0.3 is 0 Å². The van der Waals surface area contributed by atoms with Crippen LogP contribution >= 0.6 is 23.2 Å². The van der Waals surface area contributed by atoms with Crippen molar-refractivity contribution in [2.75, 3.05) is 5.32 Å². The van der Waals surface area contributed by atoms with Gasteiger partial charge in [0, 0.05) is 17.4 Å². The van der Waals surface area contributed by atoms with Crippen LogP contribution in [0, 0.1) is 6.92 Å². The molecule has 0 fully saturated rings. The van der Waals surface area contributed by atoms with Crippen molar-refractivity contribution in [2.24, 2.45) is 0 Å². The summed E-state index contributed by atoms with van der Waals surface area (Å²) in [5, 5.41) is 12.5. The predicted octanol–water partition coefficient (Wildman–Crippen LogP) is 3.94. The number of nitrogens with one attached hydrogen (secondary N) is 1. The van der Waals surface area contributed by atoms with Gasteiger partial charge in [0.2, 0.25) is 5.91 Å². The molecule has 1 aromatic carbocycles. The molecule has 130 valence electrons. The quantitative estimate of drug-likeness (QED) is 0.731. The molecule has 6 nitrogen and oxygen atoms in total. The Balaban J connectivity index is 1.66. The molecular weight excluding hydrogens is 361 g/mol. The minimum Gasteiger partial charge on any atom is -0.322 e. The van der Waals surface area contributed by atoms with Gasteiger partial charge in [0.15, 0.2) is 0 Å². The summed E-state index contributed by atoms with van der Waals surface area (Å²) >= 11 is 12.2. The Labute approximate surface area is 155 Å². The number of rotatable bonds is 5. The lowest BCUT2D eigenvalue weighted by Gasteiger charge is -2.11. The zero-order chi connectivity index (χ0) is 18.0. The number of aromatic nitrogens is 4. The average Bonchev–Trinajstić information content (AvgIpc) is 3.15. The Kier molecular flexibility index (Phi) is 5.11. The number of benzene rings is 1. The second kappa shape index (κ2) is 7.29. The van der Waals surface area contributed by atoms with E-state index in [0.717, 1.165) is 5.56 Å². The van der Waals surface area contributed by atoms with Crippen molar-refractivity contribution in [3.8, 4) is 0 Å². The van der Waals surface area contributed by atoms with Crippen LogP contribution in [0.25, 0.3) is 0 Å². The maximum atomic E-state index is 12.4. The summed E-state index contributed by atoms with van der Waals surface area (Å²) in [6, 6.07) is 7.09. The molecule has 2 heterocycles. The third-order valence-corrected chi connectivity index (χ3v) is 4.56. The van der Waals surface area contributed by atoms with E-state index in [-0.39, 0.29) is 5.91 Å². The molecule has 1 N–H and O–H groups in total. The molecule has 25 heavy (non-hydrogen) atoms. The van der Waals surface area contributed by atoms with E-state index >= 15 is 0 Å².